The summed E-state index contributed by atoms with van der Waals surface area (Å²) in [7, 11) is 0. The fraction of sp³-hybridized carbons (Fsp3) is 0.0556. The fourth-order valence-corrected chi connectivity index (χ4v) is 2.52. The first kappa shape index (κ1) is 17.0. The monoisotopic (exact) mass is 371 g/mol. The second-order valence-corrected chi connectivity index (χ2v) is 5.65. The molecule has 0 spiro atoms. The number of aromatic nitrogens is 6. The molecule has 0 bridgehead atoms. The van der Waals surface area contributed by atoms with Crippen LogP contribution in [0, 0.1) is 18.3 Å². The van der Waals surface area contributed by atoms with E-state index in [0.717, 1.165) is 0 Å². The molecule has 4 rings (SSSR count). The van der Waals surface area contributed by atoms with Crippen molar-refractivity contribution in [3.63, 3.8) is 0 Å². The summed E-state index contributed by atoms with van der Waals surface area (Å²) in [6.07, 6.45) is 4.58. The number of azo groups is 1. The average Bonchev–Trinajstić information content (AvgIpc) is 3.28. The summed E-state index contributed by atoms with van der Waals surface area (Å²) in [5.41, 5.74) is 0.848. The van der Waals surface area contributed by atoms with Gasteiger partial charge in [-0.1, -0.05) is 12.1 Å². The molecule has 4 aromatic rings. The lowest BCUT2D eigenvalue weighted by molar-refractivity contribution is 0.433. The SMILES string of the molecule is Cc1nn(-c2ccccn2)c(O)c1N=Nc1c(C#N)cnn1-c1ccccn1. The second kappa shape index (κ2) is 7.08. The Morgan fingerprint density at radius 2 is 1.68 bits per heavy atom. The van der Waals surface area contributed by atoms with Crippen LogP contribution in [-0.2, 0) is 0 Å². The van der Waals surface area contributed by atoms with Crippen LogP contribution in [0.1, 0.15) is 11.3 Å². The van der Waals surface area contributed by atoms with Gasteiger partial charge in [0.1, 0.15) is 11.6 Å². The highest BCUT2D eigenvalue weighted by molar-refractivity contribution is 5.55. The summed E-state index contributed by atoms with van der Waals surface area (Å²) in [5, 5.41) is 36.5. The molecular formula is C18H13N9O. The first-order chi connectivity index (χ1) is 13.7. The van der Waals surface area contributed by atoms with E-state index in [9.17, 15) is 10.4 Å². The molecule has 1 N–H and O–H groups in total. The van der Waals surface area contributed by atoms with Crippen LogP contribution in [0.15, 0.2) is 65.2 Å². The minimum absolute atomic E-state index is 0.170. The lowest BCUT2D eigenvalue weighted by Crippen LogP contribution is -1.98. The molecule has 0 atom stereocenters. The third-order valence-corrected chi connectivity index (χ3v) is 3.85. The van der Waals surface area contributed by atoms with Gasteiger partial charge >= 0.3 is 0 Å². The molecule has 0 saturated heterocycles. The molecule has 10 heteroatoms. The zero-order valence-corrected chi connectivity index (χ0v) is 14.7. The van der Waals surface area contributed by atoms with Gasteiger partial charge in [0.05, 0.1) is 11.9 Å². The standard InChI is InChI=1S/C18H13N9O/c1-12-16(18(28)27(25-12)15-7-3-5-9-21-15)23-24-17-13(10-19)11-22-26(17)14-6-2-4-8-20-14/h2-9,11,28H,1H3. The largest absolute Gasteiger partial charge is 0.492 e. The van der Waals surface area contributed by atoms with Gasteiger partial charge in [0, 0.05) is 12.4 Å². The summed E-state index contributed by atoms with van der Waals surface area (Å²) in [4.78, 5) is 8.36. The van der Waals surface area contributed by atoms with Crippen LogP contribution in [0.5, 0.6) is 5.88 Å². The van der Waals surface area contributed by atoms with Crippen molar-refractivity contribution < 1.29 is 5.11 Å². The van der Waals surface area contributed by atoms with Crippen LogP contribution in [0.3, 0.4) is 0 Å². The van der Waals surface area contributed by atoms with Crippen molar-refractivity contribution in [3.8, 4) is 23.6 Å². The Morgan fingerprint density at radius 1 is 1.00 bits per heavy atom. The molecule has 0 aliphatic carbocycles. The van der Waals surface area contributed by atoms with Gasteiger partial charge in [-0.3, -0.25) is 0 Å². The summed E-state index contributed by atoms with van der Waals surface area (Å²) >= 11 is 0. The van der Waals surface area contributed by atoms with Crippen LogP contribution < -0.4 is 0 Å². The van der Waals surface area contributed by atoms with Gasteiger partial charge in [-0.25, -0.2) is 9.97 Å². The van der Waals surface area contributed by atoms with Crippen LogP contribution in [0.2, 0.25) is 0 Å². The maximum absolute atomic E-state index is 10.5. The van der Waals surface area contributed by atoms with Crippen LogP contribution in [0.25, 0.3) is 11.6 Å². The van der Waals surface area contributed by atoms with Gasteiger partial charge in [0.2, 0.25) is 5.88 Å². The highest BCUT2D eigenvalue weighted by Crippen LogP contribution is 2.34. The van der Waals surface area contributed by atoms with Gasteiger partial charge in [0.25, 0.3) is 0 Å². The third kappa shape index (κ3) is 2.97. The van der Waals surface area contributed by atoms with Crippen molar-refractivity contribution in [2.24, 2.45) is 10.2 Å². The van der Waals surface area contributed by atoms with Crippen molar-refractivity contribution in [2.75, 3.05) is 0 Å². The molecule has 0 fully saturated rings. The van der Waals surface area contributed by atoms with Gasteiger partial charge in [-0.2, -0.15) is 24.8 Å². The fourth-order valence-electron chi connectivity index (χ4n) is 2.52. The molecule has 0 saturated carbocycles. The molecule has 4 aromatic heterocycles. The van der Waals surface area contributed by atoms with Crippen LogP contribution >= 0.6 is 0 Å². The van der Waals surface area contributed by atoms with Crippen LogP contribution in [0.4, 0.5) is 11.5 Å². The Kier molecular flexibility index (Phi) is 4.31. The van der Waals surface area contributed by atoms with E-state index in [1.165, 1.54) is 15.6 Å². The highest BCUT2D eigenvalue weighted by Gasteiger charge is 2.18. The molecule has 10 nitrogen and oxygen atoms in total. The summed E-state index contributed by atoms with van der Waals surface area (Å²) in [6.45, 7) is 1.69. The Labute approximate surface area is 159 Å². The Morgan fingerprint density at radius 3 is 2.29 bits per heavy atom. The number of rotatable bonds is 4. The predicted octanol–water partition coefficient (Wildman–Crippen LogP) is 3.15. The minimum atomic E-state index is -0.206. The molecule has 28 heavy (non-hydrogen) atoms. The number of aryl methyl sites for hydroxylation is 1. The maximum atomic E-state index is 10.5. The lowest BCUT2D eigenvalue weighted by atomic mass is 10.3. The van der Waals surface area contributed by atoms with E-state index in [1.807, 2.05) is 6.07 Å². The van der Waals surface area contributed by atoms with E-state index in [1.54, 1.807) is 55.7 Å². The third-order valence-electron chi connectivity index (χ3n) is 3.85. The van der Waals surface area contributed by atoms with Gasteiger partial charge < -0.3 is 5.11 Å². The van der Waals surface area contributed by atoms with Crippen molar-refractivity contribution in [3.05, 3.63) is 66.2 Å². The van der Waals surface area contributed by atoms with E-state index in [2.05, 4.69) is 30.4 Å². The van der Waals surface area contributed by atoms with Gasteiger partial charge in [0.15, 0.2) is 23.1 Å². The Balaban J connectivity index is 1.76. The average molecular weight is 371 g/mol. The zero-order chi connectivity index (χ0) is 19.5. The zero-order valence-electron chi connectivity index (χ0n) is 14.7. The lowest BCUT2D eigenvalue weighted by Gasteiger charge is -2.02. The number of aromatic hydroxyl groups is 1. The summed E-state index contributed by atoms with van der Waals surface area (Å²) in [5.74, 6) is 0.928. The number of nitrogens with zero attached hydrogens (tertiary/aromatic N) is 9. The topological polar surface area (TPSA) is 130 Å². The minimum Gasteiger partial charge on any atom is -0.492 e. The molecule has 136 valence electrons. The number of hydrogen-bond acceptors (Lipinski definition) is 8. The molecule has 0 amide bonds. The molecule has 0 aliphatic heterocycles. The Bertz CT molecular complexity index is 1190. The first-order valence-corrected chi connectivity index (χ1v) is 8.20. The van der Waals surface area contributed by atoms with Crippen molar-refractivity contribution in [1.82, 2.24) is 29.5 Å². The van der Waals surface area contributed by atoms with E-state index in [-0.39, 0.29) is 22.9 Å². The van der Waals surface area contributed by atoms with E-state index < -0.39 is 0 Å². The van der Waals surface area contributed by atoms with Crippen molar-refractivity contribution >= 4 is 11.5 Å². The highest BCUT2D eigenvalue weighted by atomic mass is 16.3. The summed E-state index contributed by atoms with van der Waals surface area (Å²) in [6, 6.07) is 12.6. The number of pyridine rings is 2. The van der Waals surface area contributed by atoms with E-state index in [0.29, 0.717) is 17.3 Å². The predicted molar refractivity (Wildman–Crippen MR) is 98.0 cm³/mol. The molecule has 0 aromatic carbocycles. The van der Waals surface area contributed by atoms with Crippen molar-refractivity contribution in [2.45, 2.75) is 6.92 Å². The second-order valence-electron chi connectivity index (χ2n) is 5.65. The maximum Gasteiger partial charge on any atom is 0.244 e. The molecule has 4 heterocycles. The molecular weight excluding hydrogens is 358 g/mol. The number of nitriles is 1. The first-order valence-electron chi connectivity index (χ1n) is 8.20. The molecule has 0 radical (unpaired) electrons. The number of hydrogen-bond donors (Lipinski definition) is 1. The normalized spacial score (nSPS) is 11.0. The quantitative estimate of drug-likeness (QED) is 0.548. The van der Waals surface area contributed by atoms with Gasteiger partial charge in [-0.05, 0) is 31.2 Å². The summed E-state index contributed by atoms with van der Waals surface area (Å²) < 4.78 is 2.67. The van der Waals surface area contributed by atoms with Crippen molar-refractivity contribution in [1.29, 1.82) is 5.26 Å². The molecule has 0 aliphatic rings. The van der Waals surface area contributed by atoms with E-state index >= 15 is 0 Å². The smallest absolute Gasteiger partial charge is 0.244 e. The van der Waals surface area contributed by atoms with E-state index in [4.69, 9.17) is 0 Å². The van der Waals surface area contributed by atoms with Crippen LogP contribution in [-0.4, -0.2) is 34.6 Å². The Hall–Kier alpha value is -4.39. The molecule has 0 unspecified atom stereocenters. The van der Waals surface area contributed by atoms with Gasteiger partial charge in [-0.15, -0.1) is 10.2 Å².